The van der Waals surface area contributed by atoms with Crippen molar-refractivity contribution in [3.05, 3.63) is 41.7 Å². The molecule has 1 aromatic rings. The molecule has 0 aromatic heterocycles. The second-order valence-corrected chi connectivity index (χ2v) is 5.94. The van der Waals surface area contributed by atoms with Crippen LogP contribution in [0.15, 0.2) is 30.3 Å². The summed E-state index contributed by atoms with van der Waals surface area (Å²) < 4.78 is 12.8. The molecular weight excluding hydrogens is 295 g/mol. The highest BCUT2D eigenvalue weighted by atomic mass is 19.1. The second kappa shape index (κ2) is 8.79. The smallest absolute Gasteiger partial charge is 0.317 e. The molecule has 1 heterocycles. The fourth-order valence-corrected chi connectivity index (χ4v) is 3.05. The fourth-order valence-electron chi connectivity index (χ4n) is 3.05. The van der Waals surface area contributed by atoms with Crippen molar-refractivity contribution < 1.29 is 14.3 Å². The van der Waals surface area contributed by atoms with Crippen molar-refractivity contribution >= 4 is 12.0 Å². The van der Waals surface area contributed by atoms with Gasteiger partial charge in [-0.25, -0.2) is 4.39 Å². The van der Waals surface area contributed by atoms with Gasteiger partial charge in [0.2, 0.25) is 0 Å². The van der Waals surface area contributed by atoms with Crippen molar-refractivity contribution in [2.75, 3.05) is 32.7 Å². The summed E-state index contributed by atoms with van der Waals surface area (Å²) in [5, 5.41) is 8.95. The molecule has 2 rings (SSSR count). The number of hydrogen-bond acceptors (Lipinski definition) is 3. The first-order chi connectivity index (χ1) is 11.1. The summed E-state index contributed by atoms with van der Waals surface area (Å²) in [5.41, 5.74) is 1.000. The minimum absolute atomic E-state index is 0.131. The largest absolute Gasteiger partial charge is 0.480 e. The number of benzene rings is 1. The second-order valence-electron chi connectivity index (χ2n) is 5.94. The first-order valence-corrected chi connectivity index (χ1v) is 8.18. The highest BCUT2D eigenvalue weighted by Crippen LogP contribution is 2.16. The standard InChI is InChI=1S/C18H25FN2O2/c1-2-21(14-18(22)23)17-9-12-20(13-10-17)11-3-4-15-5-7-16(19)8-6-15/h3-8,17H,2,9-14H2,1H3,(H,22,23)/b4-3+. The van der Waals surface area contributed by atoms with Crippen molar-refractivity contribution in [3.63, 3.8) is 0 Å². The molecule has 0 amide bonds. The Balaban J connectivity index is 1.76. The van der Waals surface area contributed by atoms with E-state index >= 15 is 0 Å². The summed E-state index contributed by atoms with van der Waals surface area (Å²) in [6.07, 6.45) is 6.12. The van der Waals surface area contributed by atoms with E-state index in [0.717, 1.165) is 44.6 Å². The highest BCUT2D eigenvalue weighted by molar-refractivity contribution is 5.69. The van der Waals surface area contributed by atoms with Gasteiger partial charge < -0.3 is 5.11 Å². The van der Waals surface area contributed by atoms with Crippen LogP contribution in [0.2, 0.25) is 0 Å². The van der Waals surface area contributed by atoms with E-state index in [1.54, 1.807) is 12.1 Å². The SMILES string of the molecule is CCN(CC(=O)O)C1CCN(C/C=C/c2ccc(F)cc2)CC1. The maximum absolute atomic E-state index is 12.8. The Labute approximate surface area is 137 Å². The Kier molecular flexibility index (Phi) is 6.74. The number of rotatable bonds is 7. The van der Waals surface area contributed by atoms with Gasteiger partial charge in [-0.3, -0.25) is 14.6 Å². The molecule has 0 unspecified atom stereocenters. The monoisotopic (exact) mass is 320 g/mol. The lowest BCUT2D eigenvalue weighted by atomic mass is 10.0. The number of carboxylic acid groups (broad SMARTS) is 1. The lowest BCUT2D eigenvalue weighted by molar-refractivity contribution is -0.139. The molecule has 1 aromatic carbocycles. The van der Waals surface area contributed by atoms with Crippen LogP contribution in [-0.2, 0) is 4.79 Å². The van der Waals surface area contributed by atoms with Crippen LogP contribution in [0.4, 0.5) is 4.39 Å². The van der Waals surface area contributed by atoms with Crippen LogP contribution < -0.4 is 0 Å². The molecule has 126 valence electrons. The zero-order valence-corrected chi connectivity index (χ0v) is 13.6. The molecule has 0 radical (unpaired) electrons. The van der Waals surface area contributed by atoms with Gasteiger partial charge in [0.15, 0.2) is 0 Å². The van der Waals surface area contributed by atoms with E-state index in [0.29, 0.717) is 6.04 Å². The Hall–Kier alpha value is -1.72. The lowest BCUT2D eigenvalue weighted by Crippen LogP contribution is -2.46. The Bertz CT molecular complexity index is 522. The van der Waals surface area contributed by atoms with E-state index < -0.39 is 5.97 Å². The Morgan fingerprint density at radius 3 is 2.57 bits per heavy atom. The number of likely N-dealkylation sites (N-methyl/N-ethyl adjacent to an activating group) is 1. The molecule has 23 heavy (non-hydrogen) atoms. The van der Waals surface area contributed by atoms with Crippen LogP contribution >= 0.6 is 0 Å². The number of aliphatic carboxylic acids is 1. The van der Waals surface area contributed by atoms with Gasteiger partial charge in [-0.1, -0.05) is 31.2 Å². The minimum Gasteiger partial charge on any atom is -0.480 e. The average Bonchev–Trinajstić information content (AvgIpc) is 2.55. The summed E-state index contributed by atoms with van der Waals surface area (Å²) in [6.45, 7) is 5.76. The molecule has 0 saturated carbocycles. The number of halogens is 1. The Morgan fingerprint density at radius 1 is 1.35 bits per heavy atom. The van der Waals surface area contributed by atoms with Crippen molar-refractivity contribution in [2.45, 2.75) is 25.8 Å². The van der Waals surface area contributed by atoms with E-state index in [4.69, 9.17) is 5.11 Å². The Morgan fingerprint density at radius 2 is 2.00 bits per heavy atom. The quantitative estimate of drug-likeness (QED) is 0.839. The third-order valence-electron chi connectivity index (χ3n) is 4.36. The highest BCUT2D eigenvalue weighted by Gasteiger charge is 2.24. The van der Waals surface area contributed by atoms with Crippen LogP contribution in [-0.4, -0.2) is 59.6 Å². The predicted octanol–water partition coefficient (Wildman–Crippen LogP) is 2.71. The van der Waals surface area contributed by atoms with E-state index in [2.05, 4.69) is 11.0 Å². The zero-order chi connectivity index (χ0) is 16.7. The van der Waals surface area contributed by atoms with Gasteiger partial charge in [-0.15, -0.1) is 0 Å². The molecule has 0 atom stereocenters. The molecular formula is C18H25FN2O2. The van der Waals surface area contributed by atoms with Crippen LogP contribution in [0.5, 0.6) is 0 Å². The lowest BCUT2D eigenvalue weighted by Gasteiger charge is -2.37. The van der Waals surface area contributed by atoms with Gasteiger partial charge >= 0.3 is 5.97 Å². The van der Waals surface area contributed by atoms with Crippen molar-refractivity contribution in [2.24, 2.45) is 0 Å². The molecule has 1 aliphatic rings. The molecule has 4 nitrogen and oxygen atoms in total. The number of piperidine rings is 1. The minimum atomic E-state index is -0.753. The maximum atomic E-state index is 12.8. The van der Waals surface area contributed by atoms with E-state index in [9.17, 15) is 9.18 Å². The molecule has 1 aliphatic heterocycles. The molecule has 0 aliphatic carbocycles. The zero-order valence-electron chi connectivity index (χ0n) is 13.6. The van der Waals surface area contributed by atoms with Crippen LogP contribution in [0, 0.1) is 5.82 Å². The van der Waals surface area contributed by atoms with Gasteiger partial charge in [0.25, 0.3) is 0 Å². The topological polar surface area (TPSA) is 43.8 Å². The van der Waals surface area contributed by atoms with Gasteiger partial charge in [0.05, 0.1) is 6.54 Å². The molecule has 1 fully saturated rings. The summed E-state index contributed by atoms with van der Waals surface area (Å²) >= 11 is 0. The normalized spacial score (nSPS) is 17.2. The summed E-state index contributed by atoms with van der Waals surface area (Å²) in [4.78, 5) is 15.3. The third-order valence-corrected chi connectivity index (χ3v) is 4.36. The van der Waals surface area contributed by atoms with Gasteiger partial charge in [0.1, 0.15) is 5.82 Å². The number of likely N-dealkylation sites (tertiary alicyclic amines) is 1. The van der Waals surface area contributed by atoms with Gasteiger partial charge in [-0.2, -0.15) is 0 Å². The van der Waals surface area contributed by atoms with Crippen molar-refractivity contribution in [1.82, 2.24) is 9.80 Å². The number of carbonyl (C=O) groups is 1. The van der Waals surface area contributed by atoms with Gasteiger partial charge in [0, 0.05) is 12.6 Å². The molecule has 1 saturated heterocycles. The van der Waals surface area contributed by atoms with E-state index in [1.807, 2.05) is 17.9 Å². The molecule has 5 heteroatoms. The number of carboxylic acids is 1. The molecule has 0 bridgehead atoms. The first kappa shape index (κ1) is 17.6. The van der Waals surface area contributed by atoms with Gasteiger partial charge in [-0.05, 0) is 50.2 Å². The number of nitrogens with zero attached hydrogens (tertiary/aromatic N) is 2. The number of hydrogen-bond donors (Lipinski definition) is 1. The van der Waals surface area contributed by atoms with E-state index in [-0.39, 0.29) is 12.4 Å². The summed E-state index contributed by atoms with van der Waals surface area (Å²) in [7, 11) is 0. The fraction of sp³-hybridized carbons (Fsp3) is 0.500. The molecule has 0 spiro atoms. The predicted molar refractivity (Wildman–Crippen MR) is 89.8 cm³/mol. The van der Waals surface area contributed by atoms with Crippen LogP contribution in [0.3, 0.4) is 0 Å². The summed E-state index contributed by atoms with van der Waals surface area (Å²) in [6, 6.07) is 6.83. The summed E-state index contributed by atoms with van der Waals surface area (Å²) in [5.74, 6) is -0.970. The molecule has 1 N–H and O–H groups in total. The van der Waals surface area contributed by atoms with E-state index in [1.165, 1.54) is 12.1 Å². The van der Waals surface area contributed by atoms with Crippen molar-refractivity contribution in [1.29, 1.82) is 0 Å². The average molecular weight is 320 g/mol. The van der Waals surface area contributed by atoms with Crippen LogP contribution in [0.25, 0.3) is 6.08 Å². The van der Waals surface area contributed by atoms with Crippen molar-refractivity contribution in [3.8, 4) is 0 Å². The first-order valence-electron chi connectivity index (χ1n) is 8.18. The third kappa shape index (κ3) is 5.77. The maximum Gasteiger partial charge on any atom is 0.317 e. The van der Waals surface area contributed by atoms with Crippen LogP contribution in [0.1, 0.15) is 25.3 Å².